The average molecular weight is 341 g/mol. The molecule has 1 aromatic rings. The normalized spacial score (nSPS) is 11.8. The molecule has 5 nitrogen and oxygen atoms in total. The van der Waals surface area contributed by atoms with Crippen LogP contribution in [0.5, 0.6) is 0 Å². The molecule has 1 unspecified atom stereocenters. The number of benzene rings is 1. The Bertz CT molecular complexity index is 497. The Morgan fingerprint density at radius 3 is 2.52 bits per heavy atom. The van der Waals surface area contributed by atoms with Gasteiger partial charge in [0.15, 0.2) is 0 Å². The Hall–Kier alpha value is -1.60. The van der Waals surface area contributed by atoms with E-state index in [1.165, 1.54) is 36.0 Å². The van der Waals surface area contributed by atoms with Crippen molar-refractivity contribution in [1.82, 2.24) is 10.6 Å². The highest BCUT2D eigenvalue weighted by Gasteiger charge is 2.14. The van der Waals surface area contributed by atoms with Gasteiger partial charge in [0.05, 0.1) is 11.0 Å². The molecule has 3 N–H and O–H groups in total. The van der Waals surface area contributed by atoms with Gasteiger partial charge in [-0.1, -0.05) is 6.92 Å². The highest BCUT2D eigenvalue weighted by Crippen LogP contribution is 2.13. The van der Waals surface area contributed by atoms with Crippen molar-refractivity contribution in [2.75, 3.05) is 30.7 Å². The van der Waals surface area contributed by atoms with E-state index in [0.29, 0.717) is 12.2 Å². The number of rotatable bonds is 10. The van der Waals surface area contributed by atoms with Gasteiger partial charge in [-0.25, -0.2) is 4.39 Å². The van der Waals surface area contributed by atoms with Gasteiger partial charge in [0.2, 0.25) is 11.8 Å². The quantitative estimate of drug-likeness (QED) is 0.569. The summed E-state index contributed by atoms with van der Waals surface area (Å²) in [6.45, 7) is 6.10. The Morgan fingerprint density at radius 1 is 1.17 bits per heavy atom. The molecule has 1 aromatic carbocycles. The van der Waals surface area contributed by atoms with Crippen molar-refractivity contribution in [2.24, 2.45) is 0 Å². The number of anilines is 1. The highest BCUT2D eigenvalue weighted by molar-refractivity contribution is 8.01. The molecule has 1 atom stereocenters. The van der Waals surface area contributed by atoms with Gasteiger partial charge in [-0.05, 0) is 44.2 Å². The predicted octanol–water partition coefficient (Wildman–Crippen LogP) is 2.00. The van der Waals surface area contributed by atoms with Gasteiger partial charge in [-0.3, -0.25) is 9.59 Å². The molecule has 23 heavy (non-hydrogen) atoms. The van der Waals surface area contributed by atoms with Gasteiger partial charge in [0.25, 0.3) is 0 Å². The van der Waals surface area contributed by atoms with E-state index >= 15 is 0 Å². The number of halogens is 1. The molecule has 2 amide bonds. The maximum Gasteiger partial charge on any atom is 0.234 e. The number of thioether (sulfide) groups is 1. The minimum atomic E-state index is -0.351. The second-order valence-electron chi connectivity index (χ2n) is 5.05. The fourth-order valence-electron chi connectivity index (χ4n) is 1.73. The van der Waals surface area contributed by atoms with Crippen molar-refractivity contribution < 1.29 is 14.0 Å². The van der Waals surface area contributed by atoms with Gasteiger partial charge in [-0.15, -0.1) is 11.8 Å². The van der Waals surface area contributed by atoms with Gasteiger partial charge in [0, 0.05) is 18.8 Å². The van der Waals surface area contributed by atoms with Gasteiger partial charge in [-0.2, -0.15) is 0 Å². The standard InChI is InChI=1S/C16H24FN3O2S/c1-3-8-18-9-10-19-16(22)12(2)23-11-15(21)20-14-6-4-13(17)5-7-14/h4-7,12,18H,3,8-11H2,1-2H3,(H,19,22)(H,20,21). The molecule has 0 saturated heterocycles. The molecular weight excluding hydrogens is 317 g/mol. The Morgan fingerprint density at radius 2 is 1.87 bits per heavy atom. The van der Waals surface area contributed by atoms with E-state index in [0.717, 1.165) is 19.5 Å². The first kappa shape index (κ1) is 19.4. The lowest BCUT2D eigenvalue weighted by Gasteiger charge is -2.12. The van der Waals surface area contributed by atoms with E-state index in [1.54, 1.807) is 6.92 Å². The summed E-state index contributed by atoms with van der Waals surface area (Å²) in [6.07, 6.45) is 1.06. The van der Waals surface area contributed by atoms with Gasteiger partial charge in [0.1, 0.15) is 5.82 Å². The first-order valence-corrected chi connectivity index (χ1v) is 8.73. The maximum atomic E-state index is 12.8. The fraction of sp³-hybridized carbons (Fsp3) is 0.500. The molecule has 0 fully saturated rings. The number of carbonyl (C=O) groups excluding carboxylic acids is 2. The topological polar surface area (TPSA) is 70.2 Å². The van der Waals surface area contributed by atoms with Crippen molar-refractivity contribution in [3.63, 3.8) is 0 Å². The largest absolute Gasteiger partial charge is 0.354 e. The van der Waals surface area contributed by atoms with Crippen LogP contribution in [0.4, 0.5) is 10.1 Å². The minimum Gasteiger partial charge on any atom is -0.354 e. The number of hydrogen-bond acceptors (Lipinski definition) is 4. The average Bonchev–Trinajstić information content (AvgIpc) is 2.54. The molecule has 0 heterocycles. The van der Waals surface area contributed by atoms with E-state index in [1.807, 2.05) is 0 Å². The van der Waals surface area contributed by atoms with E-state index in [4.69, 9.17) is 0 Å². The first-order chi connectivity index (χ1) is 11.0. The molecule has 0 aliphatic carbocycles. The van der Waals surface area contributed by atoms with Crippen molar-refractivity contribution in [3.05, 3.63) is 30.1 Å². The molecule has 1 rings (SSSR count). The van der Waals surface area contributed by atoms with Gasteiger partial charge >= 0.3 is 0 Å². The molecule has 7 heteroatoms. The summed E-state index contributed by atoms with van der Waals surface area (Å²) in [4.78, 5) is 23.6. The van der Waals surface area contributed by atoms with Crippen molar-refractivity contribution >= 4 is 29.3 Å². The summed E-state index contributed by atoms with van der Waals surface area (Å²) >= 11 is 1.26. The minimum absolute atomic E-state index is 0.0807. The van der Waals surface area contributed by atoms with E-state index in [9.17, 15) is 14.0 Å². The predicted molar refractivity (Wildman–Crippen MR) is 93.1 cm³/mol. The lowest BCUT2D eigenvalue weighted by Crippen LogP contribution is -2.36. The van der Waals surface area contributed by atoms with E-state index in [2.05, 4.69) is 22.9 Å². The summed E-state index contributed by atoms with van der Waals surface area (Å²) in [5.74, 6) is -0.482. The molecule has 0 spiro atoms. The summed E-state index contributed by atoms with van der Waals surface area (Å²) in [5.41, 5.74) is 0.538. The summed E-state index contributed by atoms with van der Waals surface area (Å²) < 4.78 is 12.8. The van der Waals surface area contributed by atoms with Crippen LogP contribution in [0.15, 0.2) is 24.3 Å². The third kappa shape index (κ3) is 8.56. The number of amides is 2. The lowest BCUT2D eigenvalue weighted by atomic mass is 10.3. The second-order valence-corrected chi connectivity index (χ2v) is 6.38. The van der Waals surface area contributed by atoms with Crippen molar-refractivity contribution in [3.8, 4) is 0 Å². The van der Waals surface area contributed by atoms with E-state index < -0.39 is 0 Å². The first-order valence-electron chi connectivity index (χ1n) is 7.68. The van der Waals surface area contributed by atoms with E-state index in [-0.39, 0.29) is 28.6 Å². The third-order valence-corrected chi connectivity index (χ3v) is 4.13. The molecule has 128 valence electrons. The molecule has 0 saturated carbocycles. The molecular formula is C16H24FN3O2S. The Labute approximate surface area is 140 Å². The smallest absolute Gasteiger partial charge is 0.234 e. The zero-order chi connectivity index (χ0) is 17.1. The molecule has 0 aliphatic rings. The van der Waals surface area contributed by atoms with Crippen LogP contribution in [-0.4, -0.2) is 42.5 Å². The van der Waals surface area contributed by atoms with Crippen LogP contribution in [0.3, 0.4) is 0 Å². The second kappa shape index (κ2) is 11.0. The van der Waals surface area contributed by atoms with Crippen LogP contribution in [-0.2, 0) is 9.59 Å². The summed E-state index contributed by atoms with van der Waals surface area (Å²) in [6, 6.07) is 5.56. The Balaban J connectivity index is 2.20. The third-order valence-electron chi connectivity index (χ3n) is 2.99. The summed E-state index contributed by atoms with van der Waals surface area (Å²) in [7, 11) is 0. The number of hydrogen-bond donors (Lipinski definition) is 3. The molecule has 0 bridgehead atoms. The maximum absolute atomic E-state index is 12.8. The highest BCUT2D eigenvalue weighted by atomic mass is 32.2. The SMILES string of the molecule is CCCNCCNC(=O)C(C)SCC(=O)Nc1ccc(F)cc1. The number of carbonyl (C=O) groups is 2. The lowest BCUT2D eigenvalue weighted by molar-refractivity contribution is -0.120. The molecule has 0 aliphatic heterocycles. The van der Waals surface area contributed by atoms with Crippen molar-refractivity contribution in [1.29, 1.82) is 0 Å². The van der Waals surface area contributed by atoms with Crippen molar-refractivity contribution in [2.45, 2.75) is 25.5 Å². The van der Waals surface area contributed by atoms with Crippen LogP contribution < -0.4 is 16.0 Å². The zero-order valence-electron chi connectivity index (χ0n) is 13.5. The van der Waals surface area contributed by atoms with Gasteiger partial charge < -0.3 is 16.0 Å². The van der Waals surface area contributed by atoms with Crippen LogP contribution >= 0.6 is 11.8 Å². The number of nitrogens with one attached hydrogen (secondary N) is 3. The van der Waals surface area contributed by atoms with Crippen LogP contribution in [0.2, 0.25) is 0 Å². The van der Waals surface area contributed by atoms with Crippen LogP contribution in [0.25, 0.3) is 0 Å². The van der Waals surface area contributed by atoms with Crippen LogP contribution in [0.1, 0.15) is 20.3 Å². The Kier molecular flexibility index (Phi) is 9.31. The molecule has 0 aromatic heterocycles. The fourth-order valence-corrected chi connectivity index (χ4v) is 2.43. The molecule has 0 radical (unpaired) electrons. The van der Waals surface area contributed by atoms with Crippen LogP contribution in [0, 0.1) is 5.82 Å². The summed E-state index contributed by atoms with van der Waals surface area (Å²) in [5, 5.41) is 8.38. The zero-order valence-corrected chi connectivity index (χ0v) is 14.3. The monoisotopic (exact) mass is 341 g/mol.